The summed E-state index contributed by atoms with van der Waals surface area (Å²) in [5, 5.41) is 6.69. The van der Waals surface area contributed by atoms with Gasteiger partial charge in [-0.1, -0.05) is 27.7 Å². The van der Waals surface area contributed by atoms with Crippen LogP contribution in [0.1, 0.15) is 40.5 Å². The molecule has 1 aliphatic rings. The topological polar surface area (TPSA) is 44.4 Å². The van der Waals surface area contributed by atoms with Crippen molar-refractivity contribution in [2.24, 2.45) is 17.3 Å². The molecule has 1 rings (SSSR count). The molecular formula is C16H33N3O. The molecule has 2 N–H and O–H groups in total. The third-order valence-corrected chi connectivity index (χ3v) is 4.59. The number of rotatable bonds is 6. The fourth-order valence-electron chi connectivity index (χ4n) is 2.82. The van der Waals surface area contributed by atoms with E-state index in [2.05, 4.69) is 57.3 Å². The Kier molecular flexibility index (Phi) is 6.46. The third kappa shape index (κ3) is 4.74. The molecule has 0 spiro atoms. The molecule has 4 heteroatoms. The summed E-state index contributed by atoms with van der Waals surface area (Å²) in [5.74, 6) is 1.08. The number of hydrogen-bond donors (Lipinski definition) is 2. The lowest BCUT2D eigenvalue weighted by Crippen LogP contribution is -2.53. The second kappa shape index (κ2) is 7.41. The minimum atomic E-state index is -0.299. The van der Waals surface area contributed by atoms with Crippen molar-refractivity contribution < 1.29 is 4.79 Å². The number of nitrogens with zero attached hydrogens (tertiary/aromatic N) is 1. The summed E-state index contributed by atoms with van der Waals surface area (Å²) < 4.78 is 0. The average Bonchev–Trinajstić information content (AvgIpc) is 2.38. The van der Waals surface area contributed by atoms with Crippen LogP contribution in [0.3, 0.4) is 0 Å². The van der Waals surface area contributed by atoms with Gasteiger partial charge in [-0.2, -0.15) is 0 Å². The van der Waals surface area contributed by atoms with E-state index in [1.807, 2.05) is 0 Å². The zero-order valence-corrected chi connectivity index (χ0v) is 14.1. The monoisotopic (exact) mass is 283 g/mol. The van der Waals surface area contributed by atoms with E-state index >= 15 is 0 Å². The zero-order chi connectivity index (χ0) is 15.3. The van der Waals surface area contributed by atoms with Gasteiger partial charge in [-0.05, 0) is 51.9 Å². The van der Waals surface area contributed by atoms with Crippen molar-refractivity contribution in [1.29, 1.82) is 0 Å². The first-order valence-electron chi connectivity index (χ1n) is 7.91. The molecule has 20 heavy (non-hydrogen) atoms. The van der Waals surface area contributed by atoms with Gasteiger partial charge >= 0.3 is 0 Å². The van der Waals surface area contributed by atoms with Gasteiger partial charge in [-0.3, -0.25) is 4.79 Å². The summed E-state index contributed by atoms with van der Waals surface area (Å²) in [7, 11) is 4.11. The van der Waals surface area contributed by atoms with E-state index in [0.717, 1.165) is 26.1 Å². The summed E-state index contributed by atoms with van der Waals surface area (Å²) in [6, 6.07) is 0.216. The van der Waals surface area contributed by atoms with Crippen LogP contribution in [0, 0.1) is 17.3 Å². The lowest BCUT2D eigenvalue weighted by atomic mass is 9.74. The smallest absolute Gasteiger partial charge is 0.226 e. The van der Waals surface area contributed by atoms with E-state index in [4.69, 9.17) is 0 Å². The van der Waals surface area contributed by atoms with Crippen molar-refractivity contribution in [3.05, 3.63) is 0 Å². The summed E-state index contributed by atoms with van der Waals surface area (Å²) in [4.78, 5) is 14.8. The molecule has 1 amide bonds. The van der Waals surface area contributed by atoms with Gasteiger partial charge in [0, 0.05) is 18.0 Å². The fourth-order valence-corrected chi connectivity index (χ4v) is 2.82. The van der Waals surface area contributed by atoms with E-state index in [0.29, 0.717) is 11.8 Å². The largest absolute Gasteiger partial charge is 0.351 e. The maximum absolute atomic E-state index is 12.7. The Bertz CT molecular complexity index is 307. The van der Waals surface area contributed by atoms with Gasteiger partial charge in [0.2, 0.25) is 5.91 Å². The number of carbonyl (C=O) groups excluding carboxylic acids is 1. The first-order chi connectivity index (χ1) is 9.25. The highest BCUT2D eigenvalue weighted by atomic mass is 16.2. The van der Waals surface area contributed by atoms with Crippen LogP contribution < -0.4 is 10.6 Å². The molecule has 0 aromatic rings. The molecule has 0 radical (unpaired) electrons. The fraction of sp³-hybridized carbons (Fsp3) is 0.938. The van der Waals surface area contributed by atoms with Crippen molar-refractivity contribution in [1.82, 2.24) is 15.5 Å². The van der Waals surface area contributed by atoms with Crippen molar-refractivity contribution in [2.75, 3.05) is 33.7 Å². The lowest BCUT2D eigenvalue weighted by Gasteiger charge is -2.38. The molecular weight excluding hydrogens is 250 g/mol. The van der Waals surface area contributed by atoms with Crippen LogP contribution in [0.2, 0.25) is 0 Å². The number of amides is 1. The van der Waals surface area contributed by atoms with E-state index in [-0.39, 0.29) is 17.4 Å². The van der Waals surface area contributed by atoms with Crippen LogP contribution in [0.25, 0.3) is 0 Å². The van der Waals surface area contributed by atoms with Crippen LogP contribution in [0.4, 0.5) is 0 Å². The van der Waals surface area contributed by atoms with Gasteiger partial charge in [-0.25, -0.2) is 0 Å². The number of likely N-dealkylation sites (N-methyl/N-ethyl adjacent to an activating group) is 1. The maximum Gasteiger partial charge on any atom is 0.226 e. The molecule has 0 aromatic carbocycles. The molecule has 0 aliphatic carbocycles. The van der Waals surface area contributed by atoms with Gasteiger partial charge in [0.25, 0.3) is 0 Å². The Morgan fingerprint density at radius 1 is 1.40 bits per heavy atom. The molecule has 0 aromatic heterocycles. The molecule has 1 aliphatic heterocycles. The quantitative estimate of drug-likeness (QED) is 0.780. The average molecular weight is 283 g/mol. The maximum atomic E-state index is 12.7. The van der Waals surface area contributed by atoms with Crippen LogP contribution in [0.5, 0.6) is 0 Å². The molecule has 0 bridgehead atoms. The second-order valence-electron chi connectivity index (χ2n) is 7.35. The number of hydrogen-bond acceptors (Lipinski definition) is 3. The Balaban J connectivity index is 2.66. The van der Waals surface area contributed by atoms with E-state index < -0.39 is 0 Å². The van der Waals surface area contributed by atoms with Gasteiger partial charge in [0.1, 0.15) is 0 Å². The van der Waals surface area contributed by atoms with Crippen LogP contribution >= 0.6 is 0 Å². The Morgan fingerprint density at radius 2 is 2.05 bits per heavy atom. The van der Waals surface area contributed by atoms with Crippen LogP contribution in [0.15, 0.2) is 0 Å². The van der Waals surface area contributed by atoms with Gasteiger partial charge < -0.3 is 15.5 Å². The minimum Gasteiger partial charge on any atom is -0.351 e. The highest BCUT2D eigenvalue weighted by molar-refractivity contribution is 5.82. The third-order valence-electron chi connectivity index (χ3n) is 4.59. The lowest BCUT2D eigenvalue weighted by molar-refractivity contribution is -0.133. The first-order valence-corrected chi connectivity index (χ1v) is 7.91. The van der Waals surface area contributed by atoms with Crippen molar-refractivity contribution >= 4 is 5.91 Å². The summed E-state index contributed by atoms with van der Waals surface area (Å²) in [6.45, 7) is 11.5. The Hall–Kier alpha value is -0.610. The molecule has 1 fully saturated rings. The van der Waals surface area contributed by atoms with Crippen molar-refractivity contribution in [3.8, 4) is 0 Å². The van der Waals surface area contributed by atoms with Crippen molar-refractivity contribution in [2.45, 2.75) is 46.6 Å². The SMILES string of the molecule is CC(C)C(CN(C)C)NC(=O)C(C)(C)C1CCCNC1. The van der Waals surface area contributed by atoms with Crippen molar-refractivity contribution in [3.63, 3.8) is 0 Å². The van der Waals surface area contributed by atoms with Crippen LogP contribution in [-0.2, 0) is 4.79 Å². The van der Waals surface area contributed by atoms with Gasteiger partial charge in [0.05, 0.1) is 0 Å². The minimum absolute atomic E-state index is 0.201. The Morgan fingerprint density at radius 3 is 2.50 bits per heavy atom. The summed E-state index contributed by atoms with van der Waals surface area (Å²) >= 11 is 0. The Labute approximate surface area is 124 Å². The van der Waals surface area contributed by atoms with E-state index in [9.17, 15) is 4.79 Å². The number of piperidine rings is 1. The highest BCUT2D eigenvalue weighted by Crippen LogP contribution is 2.32. The molecule has 4 nitrogen and oxygen atoms in total. The molecule has 1 heterocycles. The van der Waals surface area contributed by atoms with E-state index in [1.54, 1.807) is 0 Å². The second-order valence-corrected chi connectivity index (χ2v) is 7.35. The number of nitrogens with one attached hydrogen (secondary N) is 2. The molecule has 118 valence electrons. The standard InChI is InChI=1S/C16H33N3O/c1-12(2)14(11-19(5)6)18-15(20)16(3,4)13-8-7-9-17-10-13/h12-14,17H,7-11H2,1-6H3,(H,18,20). The molecule has 1 saturated heterocycles. The molecule has 0 saturated carbocycles. The molecule has 2 unspecified atom stereocenters. The predicted octanol–water partition coefficient (Wildman–Crippen LogP) is 1.71. The zero-order valence-electron chi connectivity index (χ0n) is 14.1. The van der Waals surface area contributed by atoms with Gasteiger partial charge in [0.15, 0.2) is 0 Å². The van der Waals surface area contributed by atoms with E-state index in [1.165, 1.54) is 6.42 Å². The van der Waals surface area contributed by atoms with Gasteiger partial charge in [-0.15, -0.1) is 0 Å². The number of carbonyl (C=O) groups is 1. The highest BCUT2D eigenvalue weighted by Gasteiger charge is 2.38. The summed E-state index contributed by atoms with van der Waals surface area (Å²) in [5.41, 5.74) is -0.299. The normalized spacial score (nSPS) is 22.1. The molecule has 2 atom stereocenters. The summed E-state index contributed by atoms with van der Waals surface area (Å²) in [6.07, 6.45) is 2.32. The van der Waals surface area contributed by atoms with Crippen LogP contribution in [-0.4, -0.2) is 50.6 Å². The predicted molar refractivity (Wildman–Crippen MR) is 84.7 cm³/mol. The first kappa shape index (κ1) is 17.4.